The Balaban J connectivity index is 2.33. The van der Waals surface area contributed by atoms with Crippen molar-refractivity contribution in [3.8, 4) is 0 Å². The largest absolute Gasteiger partial charge is 0.348 e. The number of amides is 1. The number of benzene rings is 2. The molecule has 0 unspecified atom stereocenters. The van der Waals surface area contributed by atoms with Crippen LogP contribution in [0.4, 0.5) is 0 Å². The smallest absolute Gasteiger partial charge is 0.243 e. The highest BCUT2D eigenvalue weighted by Crippen LogP contribution is 2.25. The SMILES string of the molecule is CC[C@@H](NC(=O)[C@H](c1ccccc1)N(C)S(C)(=O)=O)c1ccc(S(C)(=O)=O)cc1. The number of hydrogen-bond donors (Lipinski definition) is 1. The van der Waals surface area contributed by atoms with E-state index in [0.717, 1.165) is 22.4 Å². The number of hydrogen-bond acceptors (Lipinski definition) is 5. The zero-order valence-corrected chi connectivity index (χ0v) is 18.5. The van der Waals surface area contributed by atoms with Crippen LogP contribution in [0.5, 0.6) is 0 Å². The lowest BCUT2D eigenvalue weighted by atomic mass is 10.0. The molecule has 0 heterocycles. The Hall–Kier alpha value is -2.23. The second kappa shape index (κ2) is 9.06. The number of nitrogens with one attached hydrogen (secondary N) is 1. The van der Waals surface area contributed by atoms with Crippen molar-refractivity contribution in [2.24, 2.45) is 0 Å². The van der Waals surface area contributed by atoms with Gasteiger partial charge in [-0.3, -0.25) is 4.79 Å². The summed E-state index contributed by atoms with van der Waals surface area (Å²) in [5, 5.41) is 2.90. The van der Waals surface area contributed by atoms with E-state index in [-0.39, 0.29) is 4.90 Å². The topological polar surface area (TPSA) is 101 Å². The van der Waals surface area contributed by atoms with Crippen LogP contribution < -0.4 is 5.32 Å². The van der Waals surface area contributed by atoms with Gasteiger partial charge in [0.2, 0.25) is 15.9 Å². The number of carbonyl (C=O) groups is 1. The first-order valence-corrected chi connectivity index (χ1v) is 12.8. The third-order valence-corrected chi connectivity index (χ3v) is 7.07. The quantitative estimate of drug-likeness (QED) is 0.682. The van der Waals surface area contributed by atoms with Crippen LogP contribution in [0.3, 0.4) is 0 Å². The second-order valence-corrected chi connectivity index (χ2v) is 11.0. The van der Waals surface area contributed by atoms with Gasteiger partial charge in [0.05, 0.1) is 17.2 Å². The molecule has 2 aromatic carbocycles. The molecule has 2 atom stereocenters. The minimum atomic E-state index is -3.62. The number of sulfone groups is 1. The first-order valence-electron chi connectivity index (χ1n) is 9.03. The molecule has 0 spiro atoms. The lowest BCUT2D eigenvalue weighted by Crippen LogP contribution is -2.42. The highest BCUT2D eigenvalue weighted by molar-refractivity contribution is 7.90. The molecule has 0 radical (unpaired) electrons. The van der Waals surface area contributed by atoms with Gasteiger partial charge < -0.3 is 5.32 Å². The number of nitrogens with zero attached hydrogens (tertiary/aromatic N) is 1. The summed E-state index contributed by atoms with van der Waals surface area (Å²) >= 11 is 0. The van der Waals surface area contributed by atoms with Crippen molar-refractivity contribution in [2.75, 3.05) is 19.6 Å². The Morgan fingerprint density at radius 3 is 1.93 bits per heavy atom. The van der Waals surface area contributed by atoms with Crippen molar-refractivity contribution in [1.29, 1.82) is 0 Å². The fourth-order valence-electron chi connectivity index (χ4n) is 2.97. The summed E-state index contributed by atoms with van der Waals surface area (Å²) in [5.74, 6) is -0.455. The maximum Gasteiger partial charge on any atom is 0.243 e. The predicted octanol–water partition coefficient (Wildman–Crippen LogP) is 2.29. The Kier molecular flexibility index (Phi) is 7.20. The van der Waals surface area contributed by atoms with Crippen molar-refractivity contribution in [3.05, 3.63) is 65.7 Å². The number of sulfonamides is 1. The number of likely N-dealkylation sites (N-methyl/N-ethyl adjacent to an activating group) is 1. The molecular formula is C20H26N2O5S2. The summed E-state index contributed by atoms with van der Waals surface area (Å²) in [7, 11) is -5.56. The molecule has 9 heteroatoms. The maximum atomic E-state index is 13.1. The molecule has 2 rings (SSSR count). The zero-order chi connectivity index (χ0) is 21.8. The molecule has 7 nitrogen and oxygen atoms in total. The monoisotopic (exact) mass is 438 g/mol. The normalized spacial score (nSPS) is 14.4. The molecule has 0 bridgehead atoms. The van der Waals surface area contributed by atoms with Crippen LogP contribution in [0, 0.1) is 0 Å². The molecule has 1 amide bonds. The molecule has 2 aromatic rings. The van der Waals surface area contributed by atoms with Crippen LogP contribution >= 0.6 is 0 Å². The molecule has 0 saturated heterocycles. The van der Waals surface area contributed by atoms with E-state index in [1.807, 2.05) is 6.92 Å². The number of carbonyl (C=O) groups excluding carboxylic acids is 1. The molecule has 158 valence electrons. The van der Waals surface area contributed by atoms with Gasteiger partial charge in [-0.05, 0) is 29.7 Å². The van der Waals surface area contributed by atoms with Gasteiger partial charge in [-0.2, -0.15) is 4.31 Å². The van der Waals surface area contributed by atoms with E-state index in [9.17, 15) is 21.6 Å². The lowest BCUT2D eigenvalue weighted by Gasteiger charge is -2.28. The van der Waals surface area contributed by atoms with E-state index >= 15 is 0 Å². The van der Waals surface area contributed by atoms with E-state index in [1.165, 1.54) is 19.2 Å². The van der Waals surface area contributed by atoms with Crippen LogP contribution in [0.2, 0.25) is 0 Å². The lowest BCUT2D eigenvalue weighted by molar-refractivity contribution is -0.125. The fourth-order valence-corrected chi connectivity index (χ4v) is 4.20. The predicted molar refractivity (Wildman–Crippen MR) is 113 cm³/mol. The van der Waals surface area contributed by atoms with Gasteiger partial charge in [0.15, 0.2) is 9.84 Å². The third-order valence-electron chi connectivity index (χ3n) is 4.69. The molecular weight excluding hydrogens is 412 g/mol. The van der Waals surface area contributed by atoms with E-state index in [0.29, 0.717) is 12.0 Å². The van der Waals surface area contributed by atoms with E-state index in [2.05, 4.69) is 5.32 Å². The van der Waals surface area contributed by atoms with Crippen LogP contribution in [-0.4, -0.2) is 46.6 Å². The van der Waals surface area contributed by atoms with Gasteiger partial charge in [0.25, 0.3) is 0 Å². The molecule has 1 N–H and O–H groups in total. The fraction of sp³-hybridized carbons (Fsp3) is 0.350. The van der Waals surface area contributed by atoms with Gasteiger partial charge in [-0.15, -0.1) is 0 Å². The zero-order valence-electron chi connectivity index (χ0n) is 16.9. The minimum absolute atomic E-state index is 0.196. The van der Waals surface area contributed by atoms with E-state index in [4.69, 9.17) is 0 Å². The summed E-state index contributed by atoms with van der Waals surface area (Å²) in [6, 6.07) is 13.6. The van der Waals surface area contributed by atoms with Gasteiger partial charge in [-0.1, -0.05) is 49.4 Å². The summed E-state index contributed by atoms with van der Waals surface area (Å²) < 4.78 is 48.5. The van der Waals surface area contributed by atoms with Crippen molar-refractivity contribution in [1.82, 2.24) is 9.62 Å². The average Bonchev–Trinajstić information content (AvgIpc) is 2.66. The first kappa shape index (κ1) is 23.1. The van der Waals surface area contributed by atoms with Gasteiger partial charge in [0, 0.05) is 13.3 Å². The first-order chi connectivity index (χ1) is 13.4. The molecule has 0 aliphatic heterocycles. The maximum absolute atomic E-state index is 13.1. The molecule has 29 heavy (non-hydrogen) atoms. The van der Waals surface area contributed by atoms with Crippen molar-refractivity contribution < 1.29 is 21.6 Å². The molecule has 0 aromatic heterocycles. The summed E-state index contributed by atoms with van der Waals surface area (Å²) in [6.45, 7) is 1.88. The molecule has 0 fully saturated rings. The third kappa shape index (κ3) is 5.88. The van der Waals surface area contributed by atoms with E-state index < -0.39 is 37.9 Å². The van der Waals surface area contributed by atoms with E-state index in [1.54, 1.807) is 42.5 Å². The molecule has 0 saturated carbocycles. The standard InChI is InChI=1S/C20H26N2O5S2/c1-5-18(15-11-13-17(14-12-15)28(3,24)25)21-20(23)19(22(2)29(4,26)27)16-9-7-6-8-10-16/h6-14,18-19H,5H2,1-4H3,(H,21,23)/t18-,19+/m1/s1. The summed E-state index contributed by atoms with van der Waals surface area (Å²) in [5.41, 5.74) is 1.29. The summed E-state index contributed by atoms with van der Waals surface area (Å²) in [4.78, 5) is 13.3. The van der Waals surface area contributed by atoms with Gasteiger partial charge >= 0.3 is 0 Å². The van der Waals surface area contributed by atoms with Gasteiger partial charge in [0.1, 0.15) is 6.04 Å². The Morgan fingerprint density at radius 1 is 0.931 bits per heavy atom. The van der Waals surface area contributed by atoms with Crippen LogP contribution in [0.15, 0.2) is 59.5 Å². The highest BCUT2D eigenvalue weighted by atomic mass is 32.2. The summed E-state index contributed by atoms with van der Waals surface area (Å²) in [6.07, 6.45) is 2.73. The average molecular weight is 439 g/mol. The second-order valence-electron chi connectivity index (χ2n) is 6.90. The van der Waals surface area contributed by atoms with Crippen LogP contribution in [0.25, 0.3) is 0 Å². The van der Waals surface area contributed by atoms with Crippen molar-refractivity contribution in [2.45, 2.75) is 30.3 Å². The molecule has 0 aliphatic rings. The Bertz CT molecular complexity index is 1050. The highest BCUT2D eigenvalue weighted by Gasteiger charge is 2.31. The van der Waals surface area contributed by atoms with Crippen LogP contribution in [-0.2, 0) is 24.7 Å². The Morgan fingerprint density at radius 2 is 1.48 bits per heavy atom. The Labute approximate surface area is 172 Å². The number of rotatable bonds is 8. The van der Waals surface area contributed by atoms with Crippen LogP contribution in [0.1, 0.15) is 36.6 Å². The van der Waals surface area contributed by atoms with Crippen molar-refractivity contribution >= 4 is 25.8 Å². The molecule has 0 aliphatic carbocycles. The minimum Gasteiger partial charge on any atom is -0.348 e. The van der Waals surface area contributed by atoms with Crippen molar-refractivity contribution in [3.63, 3.8) is 0 Å². The van der Waals surface area contributed by atoms with Gasteiger partial charge in [-0.25, -0.2) is 16.8 Å².